The number of rotatable bonds is 19. The van der Waals surface area contributed by atoms with E-state index in [0.29, 0.717) is 6.42 Å². The first-order valence-corrected chi connectivity index (χ1v) is 11.2. The molecule has 0 N–H and O–H groups in total. The molecule has 0 radical (unpaired) electrons. The monoisotopic (exact) mass is 352 g/mol. The van der Waals surface area contributed by atoms with Crippen molar-refractivity contribution in [2.45, 2.75) is 129 Å². The van der Waals surface area contributed by atoms with E-state index >= 15 is 0 Å². The summed E-state index contributed by atoms with van der Waals surface area (Å²) in [5, 5.41) is 0. The van der Waals surface area contributed by atoms with Gasteiger partial charge in [0.15, 0.2) is 0 Å². The number of allylic oxidation sites excluding steroid dienone is 1. The lowest BCUT2D eigenvalue weighted by atomic mass is 10.1. The Morgan fingerprint density at radius 3 is 1.60 bits per heavy atom. The molecule has 0 saturated carbocycles. The number of carbonyl (C=O) groups is 1. The van der Waals surface area contributed by atoms with Crippen molar-refractivity contribution in [3.63, 3.8) is 0 Å². The number of carbonyl (C=O) groups excluding carboxylic acids is 1. The molecule has 2 nitrogen and oxygen atoms in total. The molecule has 2 heteroatoms. The lowest BCUT2D eigenvalue weighted by Crippen LogP contribution is -1.98. The first-order valence-electron chi connectivity index (χ1n) is 11.2. The van der Waals surface area contributed by atoms with Gasteiger partial charge in [0, 0.05) is 6.42 Å². The maximum Gasteiger partial charge on any atom is 0.310 e. The van der Waals surface area contributed by atoms with Gasteiger partial charge in [0.05, 0.1) is 6.26 Å². The predicted molar refractivity (Wildman–Crippen MR) is 110 cm³/mol. The summed E-state index contributed by atoms with van der Waals surface area (Å²) in [7, 11) is 0. The van der Waals surface area contributed by atoms with Crippen LogP contribution in [0.5, 0.6) is 0 Å². The Hall–Kier alpha value is -0.790. The predicted octanol–water partition coefficient (Wildman–Crippen LogP) is 8.10. The van der Waals surface area contributed by atoms with Crippen molar-refractivity contribution in [1.29, 1.82) is 0 Å². The van der Waals surface area contributed by atoms with Gasteiger partial charge in [-0.1, -0.05) is 104 Å². The van der Waals surface area contributed by atoms with E-state index in [2.05, 4.69) is 13.8 Å². The zero-order valence-corrected chi connectivity index (χ0v) is 17.2. The van der Waals surface area contributed by atoms with Crippen LogP contribution in [-0.4, -0.2) is 5.97 Å². The largest absolute Gasteiger partial charge is 0.435 e. The van der Waals surface area contributed by atoms with Crippen LogP contribution >= 0.6 is 0 Å². The molecule has 25 heavy (non-hydrogen) atoms. The molecule has 0 aliphatic heterocycles. The molecular formula is C23H44O2. The lowest BCUT2D eigenvalue weighted by Gasteiger charge is -2.02. The van der Waals surface area contributed by atoms with E-state index in [0.717, 1.165) is 19.3 Å². The van der Waals surface area contributed by atoms with Gasteiger partial charge in [-0.25, -0.2) is 0 Å². The number of hydrogen-bond acceptors (Lipinski definition) is 2. The smallest absolute Gasteiger partial charge is 0.310 e. The molecule has 148 valence electrons. The third-order valence-electron chi connectivity index (χ3n) is 4.75. The van der Waals surface area contributed by atoms with Gasteiger partial charge in [0.2, 0.25) is 0 Å². The van der Waals surface area contributed by atoms with Gasteiger partial charge in [-0.05, 0) is 25.3 Å². The molecule has 0 aliphatic carbocycles. The standard InChI is InChI=1S/C23H44O2/c1-3-5-7-9-11-13-15-17-19-21-23(24)25-22-20-18-16-14-12-10-8-6-4-2/h20,22H,3-19,21H2,1-2H3. The summed E-state index contributed by atoms with van der Waals surface area (Å²) in [5.41, 5.74) is 0. The van der Waals surface area contributed by atoms with Crippen molar-refractivity contribution >= 4 is 5.97 Å². The molecule has 0 unspecified atom stereocenters. The van der Waals surface area contributed by atoms with Gasteiger partial charge < -0.3 is 4.74 Å². The Balaban J connectivity index is 3.24. The van der Waals surface area contributed by atoms with Gasteiger partial charge in [0.1, 0.15) is 0 Å². The van der Waals surface area contributed by atoms with Gasteiger partial charge >= 0.3 is 5.97 Å². The zero-order chi connectivity index (χ0) is 18.4. The lowest BCUT2D eigenvalue weighted by molar-refractivity contribution is -0.138. The van der Waals surface area contributed by atoms with E-state index in [4.69, 9.17) is 4.74 Å². The van der Waals surface area contributed by atoms with Crippen molar-refractivity contribution in [1.82, 2.24) is 0 Å². The Kier molecular flexibility index (Phi) is 20.6. The minimum Gasteiger partial charge on any atom is -0.435 e. The van der Waals surface area contributed by atoms with Crippen molar-refractivity contribution in [2.24, 2.45) is 0 Å². The molecule has 0 bridgehead atoms. The first kappa shape index (κ1) is 24.2. The summed E-state index contributed by atoms with van der Waals surface area (Å²) in [6.45, 7) is 4.51. The van der Waals surface area contributed by atoms with Crippen LogP contribution in [0.3, 0.4) is 0 Å². The van der Waals surface area contributed by atoms with Crippen LogP contribution in [-0.2, 0) is 9.53 Å². The molecule has 0 saturated heterocycles. The Morgan fingerprint density at radius 2 is 1.08 bits per heavy atom. The highest BCUT2D eigenvalue weighted by Crippen LogP contribution is 2.11. The highest BCUT2D eigenvalue weighted by Gasteiger charge is 2.00. The normalized spacial score (nSPS) is 11.3. The Labute approximate surface area is 157 Å². The highest BCUT2D eigenvalue weighted by molar-refractivity contribution is 5.69. The van der Waals surface area contributed by atoms with Crippen LogP contribution in [0, 0.1) is 0 Å². The first-order chi connectivity index (χ1) is 12.3. The molecule has 0 heterocycles. The summed E-state index contributed by atoms with van der Waals surface area (Å²) in [4.78, 5) is 11.6. The summed E-state index contributed by atoms with van der Waals surface area (Å²) in [6, 6.07) is 0. The van der Waals surface area contributed by atoms with E-state index in [1.165, 1.54) is 89.9 Å². The van der Waals surface area contributed by atoms with Crippen LogP contribution in [0.4, 0.5) is 0 Å². The third kappa shape index (κ3) is 21.2. The van der Waals surface area contributed by atoms with Crippen LogP contribution in [0.2, 0.25) is 0 Å². The van der Waals surface area contributed by atoms with Gasteiger partial charge in [-0.15, -0.1) is 0 Å². The van der Waals surface area contributed by atoms with E-state index in [1.54, 1.807) is 6.26 Å². The van der Waals surface area contributed by atoms with E-state index in [9.17, 15) is 4.79 Å². The summed E-state index contributed by atoms with van der Waals surface area (Å²) in [5.74, 6) is -0.0706. The van der Waals surface area contributed by atoms with Crippen molar-refractivity contribution in [2.75, 3.05) is 0 Å². The minimum absolute atomic E-state index is 0.0706. The van der Waals surface area contributed by atoms with Crippen molar-refractivity contribution < 1.29 is 9.53 Å². The second-order valence-electron chi connectivity index (χ2n) is 7.35. The summed E-state index contributed by atoms with van der Waals surface area (Å²) >= 11 is 0. The van der Waals surface area contributed by atoms with Gasteiger partial charge in [0.25, 0.3) is 0 Å². The second-order valence-corrected chi connectivity index (χ2v) is 7.35. The van der Waals surface area contributed by atoms with E-state index in [1.807, 2.05) is 6.08 Å². The van der Waals surface area contributed by atoms with Crippen LogP contribution in [0.1, 0.15) is 129 Å². The van der Waals surface area contributed by atoms with E-state index in [-0.39, 0.29) is 5.97 Å². The quantitative estimate of drug-likeness (QED) is 0.133. The maximum atomic E-state index is 11.6. The highest BCUT2D eigenvalue weighted by atomic mass is 16.5. The number of ether oxygens (including phenoxy) is 1. The molecule has 0 spiro atoms. The molecular weight excluding hydrogens is 308 g/mol. The van der Waals surface area contributed by atoms with Gasteiger partial charge in [-0.2, -0.15) is 0 Å². The van der Waals surface area contributed by atoms with E-state index < -0.39 is 0 Å². The number of esters is 1. The Bertz CT molecular complexity index is 296. The number of hydrogen-bond donors (Lipinski definition) is 0. The average Bonchev–Trinajstić information content (AvgIpc) is 2.62. The fraction of sp³-hybridized carbons (Fsp3) is 0.870. The van der Waals surface area contributed by atoms with Crippen molar-refractivity contribution in [3.8, 4) is 0 Å². The number of unbranched alkanes of at least 4 members (excludes halogenated alkanes) is 15. The minimum atomic E-state index is -0.0706. The zero-order valence-electron chi connectivity index (χ0n) is 17.2. The topological polar surface area (TPSA) is 26.3 Å². The van der Waals surface area contributed by atoms with Gasteiger partial charge in [-0.3, -0.25) is 4.79 Å². The molecule has 0 amide bonds. The second kappa shape index (κ2) is 21.3. The summed E-state index contributed by atoms with van der Waals surface area (Å²) < 4.78 is 5.15. The molecule has 0 rings (SSSR count). The van der Waals surface area contributed by atoms with Crippen LogP contribution < -0.4 is 0 Å². The molecule has 0 aromatic rings. The average molecular weight is 353 g/mol. The van der Waals surface area contributed by atoms with Crippen LogP contribution in [0.25, 0.3) is 0 Å². The summed E-state index contributed by atoms with van der Waals surface area (Å²) in [6.07, 6.45) is 26.0. The fourth-order valence-electron chi connectivity index (χ4n) is 3.05. The molecule has 0 atom stereocenters. The van der Waals surface area contributed by atoms with Crippen molar-refractivity contribution in [3.05, 3.63) is 12.3 Å². The molecule has 0 aromatic heterocycles. The Morgan fingerprint density at radius 1 is 0.640 bits per heavy atom. The fourth-order valence-corrected chi connectivity index (χ4v) is 3.05. The molecule has 0 aromatic carbocycles. The molecule has 0 fully saturated rings. The third-order valence-corrected chi connectivity index (χ3v) is 4.75. The molecule has 0 aliphatic rings. The SMILES string of the molecule is CCCCCCCCCC=COC(=O)CCCCCCCCCCC. The van der Waals surface area contributed by atoms with Crippen LogP contribution in [0.15, 0.2) is 12.3 Å². The maximum absolute atomic E-state index is 11.6.